The van der Waals surface area contributed by atoms with Crippen molar-refractivity contribution in [3.8, 4) is 17.1 Å². The van der Waals surface area contributed by atoms with Gasteiger partial charge in [0.2, 0.25) is 0 Å². The van der Waals surface area contributed by atoms with Gasteiger partial charge in [0.1, 0.15) is 17.0 Å². The predicted octanol–water partition coefficient (Wildman–Crippen LogP) is 7.08. The van der Waals surface area contributed by atoms with E-state index in [9.17, 15) is 0 Å². The van der Waals surface area contributed by atoms with Gasteiger partial charge in [0.15, 0.2) is 0 Å². The molecule has 3 aromatic heterocycles. The van der Waals surface area contributed by atoms with E-state index in [1.54, 1.807) is 6.20 Å². The molecule has 0 atom stereocenters. The molecule has 30 heavy (non-hydrogen) atoms. The lowest BCUT2D eigenvalue weighted by atomic mass is 9.90. The van der Waals surface area contributed by atoms with Crippen LogP contribution in [0.5, 0.6) is 0 Å². The van der Waals surface area contributed by atoms with Crippen LogP contribution in [0, 0.1) is 0 Å². The quantitative estimate of drug-likeness (QED) is 0.326. The average molecular weight is 396 g/mol. The summed E-state index contributed by atoms with van der Waals surface area (Å²) in [7, 11) is 0. The smallest absolute Gasteiger partial charge is 0.144 e. The Kier molecular flexibility index (Phi) is 4.43. The normalized spacial score (nSPS) is 11.9. The molecular formula is C26H25N3O. The van der Waals surface area contributed by atoms with E-state index in [2.05, 4.69) is 73.8 Å². The highest BCUT2D eigenvalue weighted by Gasteiger charge is 2.24. The van der Waals surface area contributed by atoms with Crippen LogP contribution in [0.3, 0.4) is 0 Å². The molecule has 4 nitrogen and oxygen atoms in total. The third-order valence-corrected chi connectivity index (χ3v) is 5.71. The van der Waals surface area contributed by atoms with Gasteiger partial charge in [0.25, 0.3) is 0 Å². The lowest BCUT2D eigenvalue weighted by molar-refractivity contribution is 0.654. The van der Waals surface area contributed by atoms with E-state index >= 15 is 0 Å². The molecule has 0 saturated carbocycles. The number of hydrogen-bond acceptors (Lipinski definition) is 3. The third-order valence-electron chi connectivity index (χ3n) is 5.71. The van der Waals surface area contributed by atoms with E-state index in [0.717, 1.165) is 33.3 Å². The van der Waals surface area contributed by atoms with E-state index in [4.69, 9.17) is 9.40 Å². The molecule has 3 heterocycles. The van der Waals surface area contributed by atoms with Crippen LogP contribution in [0.1, 0.15) is 50.7 Å². The summed E-state index contributed by atoms with van der Waals surface area (Å²) in [4.78, 5) is 9.04. The van der Waals surface area contributed by atoms with Crippen molar-refractivity contribution in [2.75, 3.05) is 0 Å². The van der Waals surface area contributed by atoms with Gasteiger partial charge in [-0.3, -0.25) is 9.55 Å². The zero-order chi connectivity index (χ0) is 20.8. The molecule has 0 fully saturated rings. The molecule has 0 N–H and O–H groups in total. The first kappa shape index (κ1) is 18.6. The molecule has 4 heteroatoms. The first-order valence-electron chi connectivity index (χ1n) is 10.5. The van der Waals surface area contributed by atoms with Gasteiger partial charge in [0.05, 0.1) is 5.69 Å². The van der Waals surface area contributed by atoms with Crippen LogP contribution in [0.25, 0.3) is 39.0 Å². The van der Waals surface area contributed by atoms with Crippen molar-refractivity contribution in [1.29, 1.82) is 0 Å². The molecule has 0 spiro atoms. The van der Waals surface area contributed by atoms with Gasteiger partial charge >= 0.3 is 0 Å². The molecule has 0 amide bonds. The predicted molar refractivity (Wildman–Crippen MR) is 122 cm³/mol. The third kappa shape index (κ3) is 2.83. The largest absolute Gasteiger partial charge is 0.456 e. The van der Waals surface area contributed by atoms with Crippen molar-refractivity contribution < 1.29 is 4.42 Å². The lowest BCUT2D eigenvalue weighted by Gasteiger charge is -2.22. The second-order valence-electron chi connectivity index (χ2n) is 8.37. The van der Waals surface area contributed by atoms with E-state index in [0.29, 0.717) is 5.92 Å². The van der Waals surface area contributed by atoms with Crippen LogP contribution in [0.15, 0.2) is 71.7 Å². The lowest BCUT2D eigenvalue weighted by Crippen LogP contribution is -2.08. The molecule has 0 radical (unpaired) electrons. The standard InChI is InChI=1S/C26H25N3O/c1-16(2)19-14-20-21-15-27-11-10-22(21)30-25(20)23(17(3)4)24(19)29-13-12-28-26(29)18-8-6-5-7-9-18/h5-17H,1-4H3. The molecule has 5 rings (SSSR count). The Labute approximate surface area is 176 Å². The molecule has 150 valence electrons. The van der Waals surface area contributed by atoms with Crippen molar-refractivity contribution in [3.05, 3.63) is 78.4 Å². The fourth-order valence-corrected chi connectivity index (χ4v) is 4.32. The maximum absolute atomic E-state index is 6.39. The number of imidazole rings is 1. The van der Waals surface area contributed by atoms with Gasteiger partial charge in [-0.05, 0) is 29.5 Å². The van der Waals surface area contributed by atoms with Gasteiger partial charge in [-0.15, -0.1) is 0 Å². The molecule has 0 saturated heterocycles. The summed E-state index contributed by atoms with van der Waals surface area (Å²) in [6, 6.07) is 14.6. The summed E-state index contributed by atoms with van der Waals surface area (Å²) in [5, 5.41) is 2.20. The molecule has 5 aromatic rings. The minimum atomic E-state index is 0.278. The van der Waals surface area contributed by atoms with Crippen LogP contribution in [-0.2, 0) is 0 Å². The molecule has 0 aliphatic carbocycles. The second kappa shape index (κ2) is 7.13. The fraction of sp³-hybridized carbons (Fsp3) is 0.231. The summed E-state index contributed by atoms with van der Waals surface area (Å²) in [6.45, 7) is 8.95. The van der Waals surface area contributed by atoms with Gasteiger partial charge in [0, 0.05) is 46.7 Å². The van der Waals surface area contributed by atoms with Crippen molar-refractivity contribution in [3.63, 3.8) is 0 Å². The fourth-order valence-electron chi connectivity index (χ4n) is 4.32. The van der Waals surface area contributed by atoms with Gasteiger partial charge in [-0.2, -0.15) is 0 Å². The Morgan fingerprint density at radius 1 is 0.900 bits per heavy atom. The summed E-state index contributed by atoms with van der Waals surface area (Å²) >= 11 is 0. The highest BCUT2D eigenvalue weighted by Crippen LogP contribution is 2.42. The minimum Gasteiger partial charge on any atom is -0.456 e. The number of furan rings is 1. The van der Waals surface area contributed by atoms with Crippen molar-refractivity contribution in [1.82, 2.24) is 14.5 Å². The minimum absolute atomic E-state index is 0.278. The van der Waals surface area contributed by atoms with E-state index in [-0.39, 0.29) is 5.92 Å². The number of benzene rings is 2. The Morgan fingerprint density at radius 3 is 2.43 bits per heavy atom. The summed E-state index contributed by atoms with van der Waals surface area (Å²) in [5.41, 5.74) is 6.59. The van der Waals surface area contributed by atoms with Crippen LogP contribution in [0.2, 0.25) is 0 Å². The zero-order valence-electron chi connectivity index (χ0n) is 17.8. The van der Waals surface area contributed by atoms with Gasteiger partial charge in [-0.1, -0.05) is 58.0 Å². The molecule has 2 aromatic carbocycles. The van der Waals surface area contributed by atoms with Crippen molar-refractivity contribution >= 4 is 21.9 Å². The van der Waals surface area contributed by atoms with Gasteiger partial charge in [-0.25, -0.2) is 4.98 Å². The first-order chi connectivity index (χ1) is 14.6. The highest BCUT2D eigenvalue weighted by atomic mass is 16.3. The van der Waals surface area contributed by atoms with E-state index < -0.39 is 0 Å². The zero-order valence-corrected chi connectivity index (χ0v) is 17.8. The van der Waals surface area contributed by atoms with Crippen molar-refractivity contribution in [2.45, 2.75) is 39.5 Å². The number of pyridine rings is 1. The summed E-state index contributed by atoms with van der Waals surface area (Å²) < 4.78 is 8.62. The van der Waals surface area contributed by atoms with Crippen LogP contribution < -0.4 is 0 Å². The number of aromatic nitrogens is 3. The average Bonchev–Trinajstić information content (AvgIpc) is 3.37. The number of hydrogen-bond donors (Lipinski definition) is 0. The van der Waals surface area contributed by atoms with E-state index in [1.807, 2.05) is 24.5 Å². The van der Waals surface area contributed by atoms with E-state index in [1.165, 1.54) is 16.8 Å². The molecule has 0 aliphatic heterocycles. The first-order valence-corrected chi connectivity index (χ1v) is 10.5. The van der Waals surface area contributed by atoms with Crippen LogP contribution in [-0.4, -0.2) is 14.5 Å². The molecule has 0 aliphatic rings. The Balaban J connectivity index is 1.91. The maximum atomic E-state index is 6.39. The monoisotopic (exact) mass is 395 g/mol. The molecule has 0 bridgehead atoms. The Bertz CT molecular complexity index is 1340. The highest BCUT2D eigenvalue weighted by molar-refractivity contribution is 6.07. The topological polar surface area (TPSA) is 43.9 Å². The molecular weight excluding hydrogens is 370 g/mol. The van der Waals surface area contributed by atoms with Crippen LogP contribution >= 0.6 is 0 Å². The number of rotatable bonds is 4. The Hall–Kier alpha value is -3.40. The maximum Gasteiger partial charge on any atom is 0.144 e. The SMILES string of the molecule is CC(C)c1cc2c(oc3ccncc32)c(C(C)C)c1-n1ccnc1-c1ccccc1. The second-order valence-corrected chi connectivity index (χ2v) is 8.37. The van der Waals surface area contributed by atoms with Crippen LogP contribution in [0.4, 0.5) is 0 Å². The van der Waals surface area contributed by atoms with Crippen molar-refractivity contribution in [2.24, 2.45) is 0 Å². The number of fused-ring (bicyclic) bond motifs is 3. The Morgan fingerprint density at radius 2 is 1.70 bits per heavy atom. The summed E-state index contributed by atoms with van der Waals surface area (Å²) in [5.74, 6) is 1.56. The summed E-state index contributed by atoms with van der Waals surface area (Å²) in [6.07, 6.45) is 7.63. The van der Waals surface area contributed by atoms with Gasteiger partial charge < -0.3 is 4.42 Å². The number of nitrogens with zero attached hydrogens (tertiary/aromatic N) is 3. The molecule has 0 unspecified atom stereocenters.